The van der Waals surface area contributed by atoms with Gasteiger partial charge in [-0.3, -0.25) is 25.0 Å². The minimum absolute atomic E-state index is 0.0214. The van der Waals surface area contributed by atoms with Crippen LogP contribution >= 0.6 is 0 Å². The predicted molar refractivity (Wildman–Crippen MR) is 127 cm³/mol. The summed E-state index contributed by atoms with van der Waals surface area (Å²) in [6.45, 7) is 6.30. The SMILES string of the molecule is CC(=O)Nc1ccc(NCCOCCOCCOCCN)cc1C(=O)Nc1nc(C)c([N+](=O)[O-])o1. The zero-order valence-corrected chi connectivity index (χ0v) is 19.6. The van der Waals surface area contributed by atoms with E-state index in [9.17, 15) is 19.7 Å². The van der Waals surface area contributed by atoms with Crippen LogP contribution in [-0.4, -0.2) is 74.5 Å². The molecule has 0 fully saturated rings. The summed E-state index contributed by atoms with van der Waals surface area (Å²) in [4.78, 5) is 38.4. The Labute approximate surface area is 201 Å². The summed E-state index contributed by atoms with van der Waals surface area (Å²) >= 11 is 0. The highest BCUT2D eigenvalue weighted by atomic mass is 16.7. The highest BCUT2D eigenvalue weighted by molar-refractivity contribution is 6.09. The molecule has 0 spiro atoms. The van der Waals surface area contributed by atoms with Crippen molar-refractivity contribution >= 4 is 35.1 Å². The number of rotatable bonds is 16. The molecule has 0 aliphatic heterocycles. The summed E-state index contributed by atoms with van der Waals surface area (Å²) in [7, 11) is 0. The standard InChI is InChI=1S/C21H30N6O8/c1-14-20(27(30)31)35-21(24-14)26-19(29)17-13-16(3-4-18(17)25-15(2)28)23-6-8-33-10-12-34-11-9-32-7-5-22/h3-4,13,23H,5-12,22H2,1-2H3,(H,25,28)(H,24,26,29). The highest BCUT2D eigenvalue weighted by Gasteiger charge is 2.22. The van der Waals surface area contributed by atoms with Gasteiger partial charge in [-0.15, -0.1) is 0 Å². The van der Waals surface area contributed by atoms with Gasteiger partial charge >= 0.3 is 11.9 Å². The third-order valence-corrected chi connectivity index (χ3v) is 4.32. The van der Waals surface area contributed by atoms with Crippen LogP contribution in [0.4, 0.5) is 23.3 Å². The van der Waals surface area contributed by atoms with Gasteiger partial charge < -0.3 is 35.0 Å². The first-order valence-corrected chi connectivity index (χ1v) is 10.8. The normalized spacial score (nSPS) is 10.7. The van der Waals surface area contributed by atoms with Crippen molar-refractivity contribution in [3.63, 3.8) is 0 Å². The molecule has 1 aromatic carbocycles. The number of hydrogen-bond donors (Lipinski definition) is 4. The lowest BCUT2D eigenvalue weighted by atomic mass is 10.1. The van der Waals surface area contributed by atoms with Crippen molar-refractivity contribution in [1.29, 1.82) is 0 Å². The number of benzene rings is 1. The lowest BCUT2D eigenvalue weighted by Crippen LogP contribution is -2.18. The molecule has 0 atom stereocenters. The maximum Gasteiger partial charge on any atom is 0.457 e. The number of carbonyl (C=O) groups is 2. The minimum Gasteiger partial charge on any atom is -0.383 e. The van der Waals surface area contributed by atoms with Gasteiger partial charge in [0, 0.05) is 25.7 Å². The summed E-state index contributed by atoms with van der Waals surface area (Å²) in [6, 6.07) is 4.44. The Kier molecular flexibility index (Phi) is 11.6. The van der Waals surface area contributed by atoms with Crippen LogP contribution < -0.4 is 21.7 Å². The van der Waals surface area contributed by atoms with Crippen molar-refractivity contribution in [3.05, 3.63) is 39.6 Å². The molecular formula is C21H30N6O8. The van der Waals surface area contributed by atoms with E-state index in [2.05, 4.69) is 20.9 Å². The number of aromatic nitrogens is 1. The van der Waals surface area contributed by atoms with Crippen LogP contribution in [0.2, 0.25) is 0 Å². The fourth-order valence-corrected chi connectivity index (χ4v) is 2.81. The smallest absolute Gasteiger partial charge is 0.383 e. The summed E-state index contributed by atoms with van der Waals surface area (Å²) in [5, 5.41) is 19.0. The van der Waals surface area contributed by atoms with E-state index >= 15 is 0 Å². The van der Waals surface area contributed by atoms with Gasteiger partial charge in [-0.05, 0) is 25.1 Å². The fraction of sp³-hybridized carbons (Fsp3) is 0.476. The van der Waals surface area contributed by atoms with E-state index in [4.69, 9.17) is 24.4 Å². The summed E-state index contributed by atoms with van der Waals surface area (Å²) in [5.41, 5.74) is 6.29. The van der Waals surface area contributed by atoms with Gasteiger partial charge in [-0.25, -0.2) is 0 Å². The third kappa shape index (κ3) is 9.66. The number of anilines is 3. The lowest BCUT2D eigenvalue weighted by Gasteiger charge is -2.13. The Hall–Kier alpha value is -3.59. The molecule has 2 aromatic rings. The van der Waals surface area contributed by atoms with E-state index < -0.39 is 16.7 Å². The van der Waals surface area contributed by atoms with Crippen molar-refractivity contribution < 1.29 is 33.1 Å². The number of nitro groups is 1. The number of ether oxygens (including phenoxy) is 3. The average molecular weight is 495 g/mol. The first-order valence-electron chi connectivity index (χ1n) is 10.8. The number of carbonyl (C=O) groups excluding carboxylic acids is 2. The molecule has 192 valence electrons. The largest absolute Gasteiger partial charge is 0.457 e. The molecule has 0 aliphatic carbocycles. The molecule has 0 saturated heterocycles. The average Bonchev–Trinajstić information content (AvgIpc) is 3.18. The number of nitrogens with one attached hydrogen (secondary N) is 3. The van der Waals surface area contributed by atoms with Crippen LogP contribution in [0.25, 0.3) is 0 Å². The predicted octanol–water partition coefficient (Wildman–Crippen LogP) is 1.52. The topological polar surface area (TPSA) is 193 Å². The summed E-state index contributed by atoms with van der Waals surface area (Å²) < 4.78 is 21.0. The van der Waals surface area contributed by atoms with Gasteiger partial charge in [0.2, 0.25) is 5.91 Å². The molecule has 0 unspecified atom stereocenters. The molecule has 14 nitrogen and oxygen atoms in total. The van der Waals surface area contributed by atoms with Crippen LogP contribution in [0.3, 0.4) is 0 Å². The number of nitrogens with two attached hydrogens (primary N) is 1. The molecular weight excluding hydrogens is 464 g/mol. The molecule has 35 heavy (non-hydrogen) atoms. The molecule has 0 saturated carbocycles. The molecule has 0 aliphatic rings. The van der Waals surface area contributed by atoms with E-state index in [1.807, 2.05) is 0 Å². The van der Waals surface area contributed by atoms with Crippen molar-refractivity contribution in [3.8, 4) is 0 Å². The molecule has 0 bridgehead atoms. The first kappa shape index (κ1) is 27.7. The number of amides is 2. The molecule has 1 heterocycles. The zero-order chi connectivity index (χ0) is 25.6. The monoisotopic (exact) mass is 494 g/mol. The second-order valence-corrected chi connectivity index (χ2v) is 7.11. The van der Waals surface area contributed by atoms with E-state index in [0.29, 0.717) is 58.4 Å². The molecule has 0 radical (unpaired) electrons. The first-order chi connectivity index (χ1) is 16.8. The number of nitrogens with zero attached hydrogens (tertiary/aromatic N) is 2. The highest BCUT2D eigenvalue weighted by Crippen LogP contribution is 2.25. The Morgan fingerprint density at radius 3 is 2.34 bits per heavy atom. The second kappa shape index (κ2) is 14.6. The summed E-state index contributed by atoms with van der Waals surface area (Å²) in [5.74, 6) is -1.61. The molecule has 14 heteroatoms. The van der Waals surface area contributed by atoms with Gasteiger partial charge in [-0.2, -0.15) is 4.98 Å². The Bertz CT molecular complexity index is 996. The Morgan fingerprint density at radius 1 is 1.09 bits per heavy atom. The second-order valence-electron chi connectivity index (χ2n) is 7.11. The van der Waals surface area contributed by atoms with E-state index in [1.165, 1.54) is 19.9 Å². The van der Waals surface area contributed by atoms with Crippen molar-refractivity contribution in [2.24, 2.45) is 5.73 Å². The third-order valence-electron chi connectivity index (χ3n) is 4.32. The maximum atomic E-state index is 12.8. The number of hydrogen-bond acceptors (Lipinski definition) is 11. The van der Waals surface area contributed by atoms with Gasteiger partial charge in [0.15, 0.2) is 5.69 Å². The molecule has 2 rings (SSSR count). The van der Waals surface area contributed by atoms with Gasteiger partial charge in [-0.1, -0.05) is 0 Å². The summed E-state index contributed by atoms with van der Waals surface area (Å²) in [6.07, 6.45) is 0. The number of aryl methyl sites for hydroxylation is 1. The van der Waals surface area contributed by atoms with Crippen LogP contribution in [0.1, 0.15) is 23.0 Å². The molecule has 2 amide bonds. The Balaban J connectivity index is 1.88. The van der Waals surface area contributed by atoms with E-state index in [1.54, 1.807) is 12.1 Å². The van der Waals surface area contributed by atoms with E-state index in [-0.39, 0.29) is 28.9 Å². The quantitative estimate of drug-likeness (QED) is 0.150. The lowest BCUT2D eigenvalue weighted by molar-refractivity contribution is -0.402. The van der Waals surface area contributed by atoms with Gasteiger partial charge in [0.25, 0.3) is 5.91 Å². The van der Waals surface area contributed by atoms with Gasteiger partial charge in [0.05, 0.1) is 50.9 Å². The number of oxazole rings is 1. The molecule has 1 aromatic heterocycles. The van der Waals surface area contributed by atoms with Crippen LogP contribution in [-0.2, 0) is 19.0 Å². The zero-order valence-electron chi connectivity index (χ0n) is 19.6. The molecule has 5 N–H and O–H groups in total. The maximum absolute atomic E-state index is 12.8. The van der Waals surface area contributed by atoms with E-state index in [0.717, 1.165) is 0 Å². The van der Waals surface area contributed by atoms with Crippen molar-refractivity contribution in [1.82, 2.24) is 4.98 Å². The van der Waals surface area contributed by atoms with Crippen molar-refractivity contribution in [2.75, 3.05) is 68.7 Å². The van der Waals surface area contributed by atoms with Crippen LogP contribution in [0.5, 0.6) is 0 Å². The Morgan fingerprint density at radius 2 is 1.74 bits per heavy atom. The van der Waals surface area contributed by atoms with Crippen LogP contribution in [0.15, 0.2) is 22.6 Å². The fourth-order valence-electron chi connectivity index (χ4n) is 2.81. The van der Waals surface area contributed by atoms with Crippen molar-refractivity contribution in [2.45, 2.75) is 13.8 Å². The minimum atomic E-state index is -0.739. The van der Waals surface area contributed by atoms with Crippen LogP contribution in [0, 0.1) is 17.0 Å². The van der Waals surface area contributed by atoms with Gasteiger partial charge in [0.1, 0.15) is 4.92 Å².